The minimum Gasteiger partial charge on any atom is -0.366 e. The van der Waals surface area contributed by atoms with E-state index < -0.39 is 5.91 Å². The summed E-state index contributed by atoms with van der Waals surface area (Å²) in [6.45, 7) is 4.16. The lowest BCUT2D eigenvalue weighted by molar-refractivity contribution is -0.113. The maximum absolute atomic E-state index is 10.3. The summed E-state index contributed by atoms with van der Waals surface area (Å²) in [5.74, 6) is 0.150. The van der Waals surface area contributed by atoms with Crippen LogP contribution in [0.3, 0.4) is 0 Å². The largest absolute Gasteiger partial charge is 0.366 e. The van der Waals surface area contributed by atoms with Crippen molar-refractivity contribution in [1.82, 2.24) is 0 Å². The number of primary amides is 1. The van der Waals surface area contributed by atoms with Gasteiger partial charge in [0.1, 0.15) is 0 Å². The normalized spacial score (nSPS) is 12.2. The van der Waals surface area contributed by atoms with Crippen LogP contribution in [0, 0.1) is 5.92 Å². The molecule has 3 heteroatoms. The van der Waals surface area contributed by atoms with Gasteiger partial charge in [-0.15, -0.1) is 0 Å². The molecule has 0 aromatic carbocycles. The molecule has 1 amide bonds. The molecule has 0 bridgehead atoms. The first kappa shape index (κ1) is 9.69. The Balaban J connectivity index is 3.83. The van der Waals surface area contributed by atoms with Crippen LogP contribution < -0.4 is 5.73 Å². The minimum atomic E-state index is -0.396. The monoisotopic (exact) mass is 205 g/mol. The molecule has 0 aliphatic heterocycles. The van der Waals surface area contributed by atoms with Crippen molar-refractivity contribution in [3.05, 3.63) is 10.6 Å². The van der Waals surface area contributed by atoms with E-state index in [2.05, 4.69) is 29.8 Å². The molecule has 0 aliphatic carbocycles. The second kappa shape index (κ2) is 4.50. The highest BCUT2D eigenvalue weighted by molar-refractivity contribution is 9.11. The summed E-state index contributed by atoms with van der Waals surface area (Å²) in [6.07, 6.45) is 2.27. The fourth-order valence-corrected chi connectivity index (χ4v) is 1.48. The number of amides is 1. The van der Waals surface area contributed by atoms with Gasteiger partial charge >= 0.3 is 0 Å². The van der Waals surface area contributed by atoms with E-state index in [1.165, 1.54) is 6.08 Å². The van der Waals surface area contributed by atoms with Crippen LogP contribution >= 0.6 is 15.9 Å². The van der Waals surface area contributed by atoms with E-state index in [0.29, 0.717) is 5.92 Å². The lowest BCUT2D eigenvalue weighted by Crippen LogP contribution is -2.06. The number of carbonyl (C=O) groups excluding carboxylic acids is 1. The fraction of sp³-hybridized carbons (Fsp3) is 0.571. The van der Waals surface area contributed by atoms with E-state index in [0.717, 1.165) is 10.9 Å². The van der Waals surface area contributed by atoms with E-state index in [9.17, 15) is 4.79 Å². The molecule has 0 saturated heterocycles. The Morgan fingerprint density at radius 2 is 2.20 bits per heavy atom. The molecule has 0 rings (SSSR count). The average molecular weight is 206 g/mol. The van der Waals surface area contributed by atoms with Gasteiger partial charge in [-0.3, -0.25) is 4.79 Å². The van der Waals surface area contributed by atoms with Crippen molar-refractivity contribution in [2.24, 2.45) is 11.7 Å². The lowest BCUT2D eigenvalue weighted by atomic mass is 10.1. The van der Waals surface area contributed by atoms with Crippen molar-refractivity contribution in [2.75, 3.05) is 0 Å². The maximum Gasteiger partial charge on any atom is 0.242 e. The Morgan fingerprint density at radius 1 is 1.70 bits per heavy atom. The Morgan fingerprint density at radius 3 is 2.50 bits per heavy atom. The molecule has 58 valence electrons. The van der Waals surface area contributed by atoms with Crippen LogP contribution in [0.2, 0.25) is 0 Å². The molecule has 0 radical (unpaired) electrons. The Labute approximate surface area is 69.6 Å². The molecule has 0 unspecified atom stereocenters. The van der Waals surface area contributed by atoms with Crippen molar-refractivity contribution in [2.45, 2.75) is 20.3 Å². The quantitative estimate of drug-likeness (QED) is 0.703. The first-order chi connectivity index (χ1) is 4.52. The van der Waals surface area contributed by atoms with Gasteiger partial charge in [-0.25, -0.2) is 0 Å². The van der Waals surface area contributed by atoms with E-state index in [1.807, 2.05) is 0 Å². The second-order valence-electron chi connectivity index (χ2n) is 2.59. The summed E-state index contributed by atoms with van der Waals surface area (Å²) in [4.78, 5) is 10.3. The van der Waals surface area contributed by atoms with E-state index in [4.69, 9.17) is 5.73 Å². The lowest BCUT2D eigenvalue weighted by Gasteiger charge is -2.00. The molecule has 0 aromatic rings. The highest BCUT2D eigenvalue weighted by atomic mass is 79.9. The van der Waals surface area contributed by atoms with Gasteiger partial charge in [-0.2, -0.15) is 0 Å². The van der Waals surface area contributed by atoms with Gasteiger partial charge in [0.25, 0.3) is 0 Å². The fourth-order valence-electron chi connectivity index (χ4n) is 0.603. The number of carbonyl (C=O) groups is 1. The van der Waals surface area contributed by atoms with Crippen LogP contribution in [0.1, 0.15) is 20.3 Å². The summed E-state index contributed by atoms with van der Waals surface area (Å²) < 4.78 is 0.870. The zero-order chi connectivity index (χ0) is 8.15. The second-order valence-corrected chi connectivity index (χ2v) is 3.61. The molecule has 0 atom stereocenters. The standard InChI is InChI=1S/C7H12BrNO/c1-5(2)3-6(8)4-7(9)10/h4-5H,3H2,1-2H3,(H2,9,10). The highest BCUT2D eigenvalue weighted by Crippen LogP contribution is 2.15. The molecule has 0 saturated carbocycles. The van der Waals surface area contributed by atoms with Gasteiger partial charge in [-0.1, -0.05) is 29.8 Å². The molecule has 2 N–H and O–H groups in total. The first-order valence-electron chi connectivity index (χ1n) is 3.18. The van der Waals surface area contributed by atoms with Crippen molar-refractivity contribution >= 4 is 21.8 Å². The number of hydrogen-bond acceptors (Lipinski definition) is 1. The summed E-state index contributed by atoms with van der Waals surface area (Å²) in [5, 5.41) is 0. The molecule has 0 aromatic heterocycles. The molecule has 0 aliphatic rings. The molecule has 2 nitrogen and oxygen atoms in total. The van der Waals surface area contributed by atoms with E-state index >= 15 is 0 Å². The number of halogens is 1. The summed E-state index contributed by atoms with van der Waals surface area (Å²) >= 11 is 3.24. The summed E-state index contributed by atoms with van der Waals surface area (Å²) in [7, 11) is 0. The smallest absolute Gasteiger partial charge is 0.242 e. The third kappa shape index (κ3) is 5.82. The molecular weight excluding hydrogens is 194 g/mol. The maximum atomic E-state index is 10.3. The number of hydrogen-bond donors (Lipinski definition) is 1. The van der Waals surface area contributed by atoms with Crippen LogP contribution in [0.4, 0.5) is 0 Å². The van der Waals surface area contributed by atoms with Gasteiger partial charge in [0.2, 0.25) is 5.91 Å². The van der Waals surface area contributed by atoms with Gasteiger partial charge < -0.3 is 5.73 Å². The Kier molecular flexibility index (Phi) is 4.36. The van der Waals surface area contributed by atoms with E-state index in [-0.39, 0.29) is 0 Å². The van der Waals surface area contributed by atoms with Gasteiger partial charge in [0.05, 0.1) is 0 Å². The topological polar surface area (TPSA) is 43.1 Å². The predicted octanol–water partition coefficient (Wildman–Crippen LogP) is 1.80. The van der Waals surface area contributed by atoms with Crippen LogP contribution in [0.25, 0.3) is 0 Å². The van der Waals surface area contributed by atoms with Gasteiger partial charge in [-0.05, 0) is 12.3 Å². The minimum absolute atomic E-state index is 0.396. The number of rotatable bonds is 3. The van der Waals surface area contributed by atoms with E-state index in [1.54, 1.807) is 0 Å². The zero-order valence-corrected chi connectivity index (χ0v) is 7.81. The van der Waals surface area contributed by atoms with Crippen LogP contribution in [-0.2, 0) is 4.79 Å². The third-order valence-corrected chi connectivity index (χ3v) is 1.45. The Hall–Kier alpha value is -0.310. The molecule has 0 fully saturated rings. The van der Waals surface area contributed by atoms with Crippen LogP contribution in [0.5, 0.6) is 0 Å². The van der Waals surface area contributed by atoms with Crippen molar-refractivity contribution < 1.29 is 4.79 Å². The highest BCUT2D eigenvalue weighted by Gasteiger charge is 1.97. The molecule has 0 heterocycles. The molecule has 10 heavy (non-hydrogen) atoms. The molecule has 0 spiro atoms. The number of nitrogens with two attached hydrogens (primary N) is 1. The molecular formula is C7H12BrNO. The zero-order valence-electron chi connectivity index (χ0n) is 6.23. The summed E-state index contributed by atoms with van der Waals surface area (Å²) in [5.41, 5.74) is 4.92. The van der Waals surface area contributed by atoms with Crippen LogP contribution in [0.15, 0.2) is 10.6 Å². The average Bonchev–Trinajstić information content (AvgIpc) is 1.58. The van der Waals surface area contributed by atoms with Crippen molar-refractivity contribution in [3.8, 4) is 0 Å². The predicted molar refractivity (Wildman–Crippen MR) is 45.7 cm³/mol. The van der Waals surface area contributed by atoms with Crippen LogP contribution in [-0.4, -0.2) is 5.91 Å². The van der Waals surface area contributed by atoms with Gasteiger partial charge in [0, 0.05) is 10.6 Å². The third-order valence-electron chi connectivity index (χ3n) is 0.902. The van der Waals surface area contributed by atoms with Crippen molar-refractivity contribution in [3.63, 3.8) is 0 Å². The van der Waals surface area contributed by atoms with Crippen molar-refractivity contribution in [1.29, 1.82) is 0 Å². The summed E-state index contributed by atoms with van der Waals surface area (Å²) in [6, 6.07) is 0. The first-order valence-corrected chi connectivity index (χ1v) is 3.97. The number of allylic oxidation sites excluding steroid dienone is 1. The SMILES string of the molecule is CC(C)CC(Br)=CC(N)=O. The van der Waals surface area contributed by atoms with Gasteiger partial charge in [0.15, 0.2) is 0 Å². The Bertz CT molecular complexity index is 152.